The summed E-state index contributed by atoms with van der Waals surface area (Å²) in [5.41, 5.74) is 0. The Morgan fingerprint density at radius 1 is 1.04 bits per heavy atom. The minimum Gasteiger partial charge on any atom is -0.368 e. The number of ether oxygens (including phenoxy) is 1. The van der Waals surface area contributed by atoms with E-state index in [0.29, 0.717) is 30.7 Å². The Morgan fingerprint density at radius 2 is 1.81 bits per heavy atom. The zero-order valence-electron chi connectivity index (χ0n) is 15.7. The van der Waals surface area contributed by atoms with Crippen molar-refractivity contribution in [1.29, 1.82) is 0 Å². The van der Waals surface area contributed by atoms with Gasteiger partial charge in [-0.1, -0.05) is 18.0 Å². The monoisotopic (exact) mass is 376 g/mol. The highest BCUT2D eigenvalue weighted by atomic mass is 16.5. The van der Waals surface area contributed by atoms with E-state index in [2.05, 4.69) is 15.5 Å². The first-order valence-electron chi connectivity index (χ1n) is 10.2. The van der Waals surface area contributed by atoms with Crippen LogP contribution in [0.15, 0.2) is 4.52 Å². The first-order chi connectivity index (χ1) is 13.2. The van der Waals surface area contributed by atoms with Crippen molar-refractivity contribution in [1.82, 2.24) is 20.4 Å². The van der Waals surface area contributed by atoms with Gasteiger partial charge in [-0.25, -0.2) is 0 Å². The molecule has 1 aliphatic carbocycles. The molecule has 1 aromatic heterocycles. The first kappa shape index (κ1) is 18.4. The minimum absolute atomic E-state index is 0.00596. The number of amides is 2. The second-order valence-electron chi connectivity index (χ2n) is 7.85. The lowest BCUT2D eigenvalue weighted by Gasteiger charge is -2.33. The van der Waals surface area contributed by atoms with Gasteiger partial charge in [0.2, 0.25) is 11.8 Å². The quantitative estimate of drug-likeness (QED) is 0.844. The van der Waals surface area contributed by atoms with Crippen LogP contribution in [0.2, 0.25) is 0 Å². The van der Waals surface area contributed by atoms with Gasteiger partial charge < -0.3 is 19.5 Å². The van der Waals surface area contributed by atoms with Gasteiger partial charge in [-0.15, -0.1) is 0 Å². The summed E-state index contributed by atoms with van der Waals surface area (Å²) in [4.78, 5) is 31.2. The predicted molar refractivity (Wildman–Crippen MR) is 95.3 cm³/mol. The molecule has 1 aromatic rings. The standard InChI is InChI=1S/C19H28N4O4/c24-17(20-12-16-21-18(27-22-16)15-6-3-11-26-15)13-7-9-23(10-8-13)19(25)14-4-1-2-5-14/h13-15H,1-12H2,(H,20,24)/t15-/m1/s1. The molecule has 8 nitrogen and oxygen atoms in total. The van der Waals surface area contributed by atoms with E-state index in [1.54, 1.807) is 0 Å². The van der Waals surface area contributed by atoms with Crippen molar-refractivity contribution < 1.29 is 18.8 Å². The molecule has 2 aliphatic heterocycles. The van der Waals surface area contributed by atoms with Crippen molar-refractivity contribution >= 4 is 11.8 Å². The van der Waals surface area contributed by atoms with E-state index in [1.807, 2.05) is 4.90 Å². The molecule has 1 atom stereocenters. The zero-order valence-corrected chi connectivity index (χ0v) is 15.7. The third-order valence-electron chi connectivity index (χ3n) is 5.99. The van der Waals surface area contributed by atoms with Gasteiger partial charge >= 0.3 is 0 Å². The number of carbonyl (C=O) groups excluding carboxylic acids is 2. The van der Waals surface area contributed by atoms with Gasteiger partial charge in [-0.3, -0.25) is 9.59 Å². The average molecular weight is 376 g/mol. The molecule has 0 radical (unpaired) electrons. The third-order valence-corrected chi connectivity index (χ3v) is 5.99. The van der Waals surface area contributed by atoms with Crippen LogP contribution in [0.5, 0.6) is 0 Å². The van der Waals surface area contributed by atoms with E-state index in [-0.39, 0.29) is 30.4 Å². The lowest BCUT2D eigenvalue weighted by atomic mass is 9.94. The van der Waals surface area contributed by atoms with Crippen molar-refractivity contribution in [2.75, 3.05) is 19.7 Å². The third kappa shape index (κ3) is 4.31. The smallest absolute Gasteiger partial charge is 0.255 e. The van der Waals surface area contributed by atoms with Crippen LogP contribution in [0.25, 0.3) is 0 Å². The largest absolute Gasteiger partial charge is 0.368 e. The zero-order chi connectivity index (χ0) is 18.6. The molecule has 3 aliphatic rings. The summed E-state index contributed by atoms with van der Waals surface area (Å²) >= 11 is 0. The van der Waals surface area contributed by atoms with Crippen molar-refractivity contribution in [3.05, 3.63) is 11.7 Å². The van der Waals surface area contributed by atoms with Gasteiger partial charge in [0.15, 0.2) is 5.82 Å². The lowest BCUT2D eigenvalue weighted by Crippen LogP contribution is -2.44. The molecule has 148 valence electrons. The predicted octanol–water partition coefficient (Wildman–Crippen LogP) is 1.97. The van der Waals surface area contributed by atoms with Crippen LogP contribution in [0, 0.1) is 11.8 Å². The minimum atomic E-state index is -0.108. The summed E-state index contributed by atoms with van der Waals surface area (Å²) in [6.07, 6.45) is 7.61. The first-order valence-corrected chi connectivity index (χ1v) is 10.2. The number of aromatic nitrogens is 2. The van der Waals surface area contributed by atoms with Crippen molar-refractivity contribution in [2.24, 2.45) is 11.8 Å². The van der Waals surface area contributed by atoms with E-state index in [4.69, 9.17) is 9.26 Å². The topological polar surface area (TPSA) is 97.6 Å². The number of carbonyl (C=O) groups is 2. The average Bonchev–Trinajstić information content (AvgIpc) is 3.47. The molecule has 1 saturated carbocycles. The van der Waals surface area contributed by atoms with Gasteiger partial charge in [-0.2, -0.15) is 4.98 Å². The molecule has 0 aromatic carbocycles. The Bertz CT molecular complexity index is 656. The Labute approximate surface area is 159 Å². The lowest BCUT2D eigenvalue weighted by molar-refractivity contribution is -0.139. The van der Waals surface area contributed by atoms with E-state index < -0.39 is 0 Å². The Morgan fingerprint density at radius 3 is 2.52 bits per heavy atom. The molecule has 1 N–H and O–H groups in total. The number of nitrogens with zero attached hydrogens (tertiary/aromatic N) is 3. The fourth-order valence-electron chi connectivity index (χ4n) is 4.35. The Balaban J connectivity index is 1.21. The number of hydrogen-bond donors (Lipinski definition) is 1. The molecule has 0 unspecified atom stereocenters. The van der Waals surface area contributed by atoms with Crippen LogP contribution < -0.4 is 5.32 Å². The number of rotatable bonds is 5. The Kier molecular flexibility index (Phi) is 5.71. The summed E-state index contributed by atoms with van der Waals surface area (Å²) in [5.74, 6) is 1.43. The summed E-state index contributed by atoms with van der Waals surface area (Å²) < 4.78 is 10.8. The maximum Gasteiger partial charge on any atom is 0.255 e. The molecule has 3 heterocycles. The maximum absolute atomic E-state index is 12.5. The fourth-order valence-corrected chi connectivity index (χ4v) is 4.35. The van der Waals surface area contributed by atoms with Gasteiger partial charge in [0, 0.05) is 31.5 Å². The van der Waals surface area contributed by atoms with Crippen LogP contribution in [-0.4, -0.2) is 46.6 Å². The fraction of sp³-hybridized carbons (Fsp3) is 0.789. The van der Waals surface area contributed by atoms with Crippen molar-refractivity contribution in [3.63, 3.8) is 0 Å². The highest BCUT2D eigenvalue weighted by molar-refractivity contribution is 5.81. The van der Waals surface area contributed by atoms with Crippen LogP contribution in [0.4, 0.5) is 0 Å². The molecular weight excluding hydrogens is 348 g/mol. The summed E-state index contributed by atoms with van der Waals surface area (Å²) in [6.45, 7) is 2.34. The summed E-state index contributed by atoms with van der Waals surface area (Å²) in [5, 5.41) is 6.83. The number of likely N-dealkylation sites (tertiary alicyclic amines) is 1. The molecule has 2 saturated heterocycles. The normalized spacial score (nSPS) is 24.4. The second-order valence-corrected chi connectivity index (χ2v) is 7.85. The molecule has 3 fully saturated rings. The van der Waals surface area contributed by atoms with E-state index in [9.17, 15) is 9.59 Å². The van der Waals surface area contributed by atoms with Gasteiger partial charge in [0.1, 0.15) is 6.10 Å². The molecule has 27 heavy (non-hydrogen) atoms. The highest BCUT2D eigenvalue weighted by Crippen LogP contribution is 2.29. The molecular formula is C19H28N4O4. The molecule has 0 bridgehead atoms. The SMILES string of the molecule is O=C(NCc1noc([C@H]2CCCO2)n1)C1CCN(C(=O)C2CCCC2)CC1. The summed E-state index contributed by atoms with van der Waals surface area (Å²) in [7, 11) is 0. The van der Waals surface area contributed by atoms with E-state index >= 15 is 0 Å². The molecule has 8 heteroatoms. The van der Waals surface area contributed by atoms with Gasteiger partial charge in [0.25, 0.3) is 5.89 Å². The van der Waals surface area contributed by atoms with Crippen LogP contribution in [0.1, 0.15) is 69.2 Å². The van der Waals surface area contributed by atoms with Crippen LogP contribution in [-0.2, 0) is 20.9 Å². The molecule has 2 amide bonds. The summed E-state index contributed by atoms with van der Waals surface area (Å²) in [6, 6.07) is 0. The second kappa shape index (κ2) is 8.37. The number of nitrogens with one attached hydrogen (secondary N) is 1. The number of hydrogen-bond acceptors (Lipinski definition) is 6. The molecule has 0 spiro atoms. The van der Waals surface area contributed by atoms with Crippen molar-refractivity contribution in [2.45, 2.75) is 64.0 Å². The molecule has 4 rings (SSSR count). The Hall–Kier alpha value is -1.96. The number of piperidine rings is 1. The maximum atomic E-state index is 12.5. The van der Waals surface area contributed by atoms with Crippen LogP contribution in [0.3, 0.4) is 0 Å². The van der Waals surface area contributed by atoms with Crippen molar-refractivity contribution in [3.8, 4) is 0 Å². The van der Waals surface area contributed by atoms with Gasteiger partial charge in [-0.05, 0) is 38.5 Å². The highest BCUT2D eigenvalue weighted by Gasteiger charge is 2.32. The van der Waals surface area contributed by atoms with E-state index in [1.165, 1.54) is 12.8 Å². The van der Waals surface area contributed by atoms with Gasteiger partial charge in [0.05, 0.1) is 6.54 Å². The van der Waals surface area contributed by atoms with E-state index in [0.717, 1.165) is 45.1 Å². The van der Waals surface area contributed by atoms with Crippen LogP contribution >= 0.6 is 0 Å².